The average Bonchev–Trinajstić information content (AvgIpc) is 2.78. The zero-order chi connectivity index (χ0) is 24.3. The van der Waals surface area contributed by atoms with Gasteiger partial charge in [-0.25, -0.2) is 0 Å². The monoisotopic (exact) mass is 498 g/mol. The Morgan fingerprint density at radius 1 is 0.909 bits per heavy atom. The van der Waals surface area contributed by atoms with E-state index in [1.807, 2.05) is 11.8 Å². The SMILES string of the molecule is CCC(CCCCCCF)CCSC1CCC(c2ccc(OC(F)(F)C(F)(F)F)cc2)CC1. The first-order chi connectivity index (χ1) is 15.7. The van der Waals surface area contributed by atoms with Crippen LogP contribution in [-0.2, 0) is 0 Å². The van der Waals surface area contributed by atoms with Gasteiger partial charge in [-0.3, -0.25) is 4.39 Å². The second kappa shape index (κ2) is 13.7. The van der Waals surface area contributed by atoms with E-state index in [0.29, 0.717) is 17.6 Å². The van der Waals surface area contributed by atoms with Crippen LogP contribution in [0.5, 0.6) is 5.75 Å². The van der Waals surface area contributed by atoms with Gasteiger partial charge in [0.2, 0.25) is 0 Å². The van der Waals surface area contributed by atoms with Gasteiger partial charge < -0.3 is 4.74 Å². The van der Waals surface area contributed by atoms with Crippen LogP contribution in [0.25, 0.3) is 0 Å². The Labute approximate surface area is 198 Å². The van der Waals surface area contributed by atoms with Gasteiger partial charge in [0.05, 0.1) is 6.67 Å². The van der Waals surface area contributed by atoms with Crippen molar-refractivity contribution in [2.45, 2.75) is 101 Å². The lowest BCUT2D eigenvalue weighted by molar-refractivity contribution is -0.360. The fourth-order valence-electron chi connectivity index (χ4n) is 4.41. The van der Waals surface area contributed by atoms with Gasteiger partial charge in [-0.1, -0.05) is 51.2 Å². The number of rotatable bonds is 14. The molecule has 0 spiro atoms. The Hall–Kier alpha value is -1.05. The molecule has 1 unspecified atom stereocenters. The summed E-state index contributed by atoms with van der Waals surface area (Å²) in [5.41, 5.74) is 0.958. The van der Waals surface area contributed by atoms with Gasteiger partial charge in [-0.15, -0.1) is 0 Å². The third kappa shape index (κ3) is 9.61. The predicted molar refractivity (Wildman–Crippen MR) is 123 cm³/mol. The number of thioether (sulfide) groups is 1. The first kappa shape index (κ1) is 28.2. The van der Waals surface area contributed by atoms with Gasteiger partial charge in [-0.05, 0) is 73.8 Å². The van der Waals surface area contributed by atoms with E-state index < -0.39 is 18.0 Å². The quantitative estimate of drug-likeness (QED) is 0.187. The van der Waals surface area contributed by atoms with Crippen LogP contribution in [0.15, 0.2) is 24.3 Å². The number of unbranched alkanes of at least 4 members (excludes halogenated alkanes) is 3. The highest BCUT2D eigenvalue weighted by Crippen LogP contribution is 2.40. The summed E-state index contributed by atoms with van der Waals surface area (Å²) in [5, 5.41) is 0.622. The van der Waals surface area contributed by atoms with Gasteiger partial charge in [-0.2, -0.15) is 33.7 Å². The van der Waals surface area contributed by atoms with Gasteiger partial charge in [0, 0.05) is 5.25 Å². The van der Waals surface area contributed by atoms with Gasteiger partial charge in [0.1, 0.15) is 5.75 Å². The van der Waals surface area contributed by atoms with Crippen molar-refractivity contribution in [3.8, 4) is 5.75 Å². The van der Waals surface area contributed by atoms with Crippen molar-refractivity contribution in [2.24, 2.45) is 5.92 Å². The molecule has 1 aliphatic rings. The Morgan fingerprint density at radius 3 is 2.12 bits per heavy atom. The summed E-state index contributed by atoms with van der Waals surface area (Å²) in [5.74, 6) is 1.70. The highest BCUT2D eigenvalue weighted by Gasteiger charge is 2.61. The van der Waals surface area contributed by atoms with Crippen LogP contribution in [0.1, 0.15) is 89.0 Å². The second-order valence-corrected chi connectivity index (χ2v) is 10.4. The van der Waals surface area contributed by atoms with Gasteiger partial charge in [0.15, 0.2) is 0 Å². The Kier molecular flexibility index (Phi) is 11.7. The van der Waals surface area contributed by atoms with E-state index in [1.165, 1.54) is 37.8 Å². The molecule has 0 bridgehead atoms. The molecule has 0 amide bonds. The smallest absolute Gasteiger partial charge is 0.426 e. The van der Waals surface area contributed by atoms with E-state index in [-0.39, 0.29) is 6.67 Å². The van der Waals surface area contributed by atoms with E-state index in [2.05, 4.69) is 11.7 Å². The van der Waals surface area contributed by atoms with E-state index in [9.17, 15) is 26.3 Å². The lowest BCUT2D eigenvalue weighted by atomic mass is 9.84. The largest absolute Gasteiger partial charge is 0.499 e. The van der Waals surface area contributed by atoms with E-state index in [1.54, 1.807) is 12.1 Å². The maximum atomic E-state index is 13.0. The first-order valence-corrected chi connectivity index (χ1v) is 13.1. The van der Waals surface area contributed by atoms with E-state index >= 15 is 0 Å². The Bertz CT molecular complexity index is 656. The van der Waals surface area contributed by atoms with Crippen LogP contribution in [0.4, 0.5) is 26.3 Å². The average molecular weight is 499 g/mol. The fraction of sp³-hybridized carbons (Fsp3) is 0.760. The number of hydrogen-bond acceptors (Lipinski definition) is 2. The third-order valence-corrected chi connectivity index (χ3v) is 7.97. The summed E-state index contributed by atoms with van der Waals surface area (Å²) in [7, 11) is 0. The van der Waals surface area contributed by atoms with Crippen molar-refractivity contribution in [3.63, 3.8) is 0 Å². The molecule has 1 saturated carbocycles. The molecule has 8 heteroatoms. The summed E-state index contributed by atoms with van der Waals surface area (Å²) in [4.78, 5) is 0. The maximum absolute atomic E-state index is 13.0. The normalized spacial score (nSPS) is 20.6. The summed E-state index contributed by atoms with van der Waals surface area (Å²) < 4.78 is 78.9. The molecule has 0 aliphatic heterocycles. The molecule has 0 saturated heterocycles. The lowest BCUT2D eigenvalue weighted by Gasteiger charge is -2.29. The van der Waals surface area contributed by atoms with Gasteiger partial charge in [0.25, 0.3) is 0 Å². The summed E-state index contributed by atoms with van der Waals surface area (Å²) in [6.07, 6.45) is 0.808. The van der Waals surface area contributed by atoms with Crippen molar-refractivity contribution in [3.05, 3.63) is 29.8 Å². The number of alkyl halides is 6. The molecule has 2 rings (SSSR count). The van der Waals surface area contributed by atoms with Gasteiger partial charge >= 0.3 is 12.3 Å². The molecule has 1 aliphatic carbocycles. The highest BCUT2D eigenvalue weighted by atomic mass is 32.2. The molecule has 1 aromatic carbocycles. The molecule has 1 fully saturated rings. The van der Waals surface area contributed by atoms with Crippen LogP contribution in [-0.4, -0.2) is 30.0 Å². The molecule has 0 aromatic heterocycles. The summed E-state index contributed by atoms with van der Waals surface area (Å²) in [6.45, 7) is 2.03. The van der Waals surface area contributed by atoms with E-state index in [0.717, 1.165) is 55.8 Å². The van der Waals surface area contributed by atoms with Crippen molar-refractivity contribution in [1.82, 2.24) is 0 Å². The lowest BCUT2D eigenvalue weighted by Crippen LogP contribution is -2.41. The summed E-state index contributed by atoms with van der Waals surface area (Å²) in [6, 6.07) is 5.58. The zero-order valence-corrected chi connectivity index (χ0v) is 20.1. The third-order valence-electron chi connectivity index (χ3n) is 6.55. The first-order valence-electron chi connectivity index (χ1n) is 12.1. The van der Waals surface area contributed by atoms with Crippen LogP contribution in [0.3, 0.4) is 0 Å². The molecule has 1 atom stereocenters. The zero-order valence-electron chi connectivity index (χ0n) is 19.3. The molecule has 1 nitrogen and oxygen atoms in total. The number of ether oxygens (including phenoxy) is 1. The van der Waals surface area contributed by atoms with Crippen LogP contribution in [0.2, 0.25) is 0 Å². The van der Waals surface area contributed by atoms with Crippen molar-refractivity contribution < 1.29 is 31.1 Å². The topological polar surface area (TPSA) is 9.23 Å². The standard InChI is InChI=1S/C25H36F6OS/c1-2-19(7-5-3-4-6-17-26)16-18-33-23-14-10-21(11-15-23)20-8-12-22(13-9-20)32-25(30,31)24(27,28)29/h8-9,12-13,19,21,23H,2-7,10-11,14-18H2,1H3. The molecule has 0 heterocycles. The van der Waals surface area contributed by atoms with E-state index in [4.69, 9.17) is 0 Å². The molecule has 190 valence electrons. The molecular weight excluding hydrogens is 462 g/mol. The molecular formula is C25H36F6OS. The Balaban J connectivity index is 1.69. The minimum atomic E-state index is -5.74. The fourth-order valence-corrected chi connectivity index (χ4v) is 5.82. The van der Waals surface area contributed by atoms with Crippen molar-refractivity contribution >= 4 is 11.8 Å². The Morgan fingerprint density at radius 2 is 1.55 bits per heavy atom. The number of benzene rings is 1. The minimum absolute atomic E-state index is 0.212. The number of hydrogen-bond donors (Lipinski definition) is 0. The molecule has 1 aromatic rings. The molecule has 33 heavy (non-hydrogen) atoms. The number of halogens is 6. The van der Waals surface area contributed by atoms with Crippen LogP contribution < -0.4 is 4.74 Å². The highest BCUT2D eigenvalue weighted by molar-refractivity contribution is 7.99. The van der Waals surface area contributed by atoms with Crippen LogP contribution >= 0.6 is 11.8 Å². The predicted octanol–water partition coefficient (Wildman–Crippen LogP) is 9.32. The second-order valence-electron chi connectivity index (χ2n) is 8.98. The van der Waals surface area contributed by atoms with Crippen LogP contribution in [0, 0.1) is 5.92 Å². The summed E-state index contributed by atoms with van der Waals surface area (Å²) >= 11 is 2.04. The molecule has 0 radical (unpaired) electrons. The van der Waals surface area contributed by atoms with Crippen molar-refractivity contribution in [1.29, 1.82) is 0 Å². The molecule has 0 N–H and O–H groups in total. The van der Waals surface area contributed by atoms with Crippen molar-refractivity contribution in [2.75, 3.05) is 12.4 Å². The maximum Gasteiger partial charge on any atom is 0.499 e. The minimum Gasteiger partial charge on any atom is -0.426 e.